The fourth-order valence-electron chi connectivity index (χ4n) is 2.44. The van der Waals surface area contributed by atoms with Gasteiger partial charge in [0.25, 0.3) is 0 Å². The number of hydrogen-bond acceptors (Lipinski definition) is 3. The van der Waals surface area contributed by atoms with Gasteiger partial charge < -0.3 is 4.74 Å². The highest BCUT2D eigenvalue weighted by atomic mass is 32.2. The monoisotopic (exact) mass is 272 g/mol. The van der Waals surface area contributed by atoms with Gasteiger partial charge in [-0.1, -0.05) is 59.9 Å². The number of benzene rings is 2. The van der Waals surface area contributed by atoms with Gasteiger partial charge in [0.15, 0.2) is 0 Å². The standard InChI is InChI=1S/C15H12OS2/c1-2-4-13-11(3-1)5-6-12-7-8-15(16-14(12)13)17-9-10-18-15/h1-8H,9-10H2. The summed E-state index contributed by atoms with van der Waals surface area (Å²) in [5.74, 6) is 3.36. The molecule has 0 N–H and O–H groups in total. The Morgan fingerprint density at radius 2 is 1.83 bits per heavy atom. The number of fused-ring (bicyclic) bond motifs is 3. The van der Waals surface area contributed by atoms with Gasteiger partial charge in [-0.3, -0.25) is 0 Å². The second-order valence-electron chi connectivity index (χ2n) is 4.44. The van der Waals surface area contributed by atoms with E-state index in [4.69, 9.17) is 4.74 Å². The van der Waals surface area contributed by atoms with Crippen molar-refractivity contribution in [2.45, 2.75) is 4.27 Å². The van der Waals surface area contributed by atoms with Crippen LogP contribution in [0.1, 0.15) is 5.56 Å². The molecule has 2 aliphatic heterocycles. The lowest BCUT2D eigenvalue weighted by atomic mass is 10.0. The van der Waals surface area contributed by atoms with Gasteiger partial charge in [0, 0.05) is 22.5 Å². The van der Waals surface area contributed by atoms with Gasteiger partial charge in [0.05, 0.1) is 0 Å². The minimum atomic E-state index is -0.183. The lowest BCUT2D eigenvalue weighted by Crippen LogP contribution is -2.25. The maximum atomic E-state index is 6.33. The minimum absolute atomic E-state index is 0.183. The van der Waals surface area contributed by atoms with E-state index >= 15 is 0 Å². The lowest BCUT2D eigenvalue weighted by molar-refractivity contribution is 0.305. The normalized spacial score (nSPS) is 20.0. The van der Waals surface area contributed by atoms with Crippen molar-refractivity contribution >= 4 is 40.4 Å². The van der Waals surface area contributed by atoms with Gasteiger partial charge in [-0.05, 0) is 17.5 Å². The second kappa shape index (κ2) is 3.97. The van der Waals surface area contributed by atoms with E-state index in [9.17, 15) is 0 Å². The van der Waals surface area contributed by atoms with Crippen LogP contribution in [-0.4, -0.2) is 15.8 Å². The van der Waals surface area contributed by atoms with E-state index in [0.29, 0.717) is 0 Å². The van der Waals surface area contributed by atoms with Crippen LogP contribution in [0, 0.1) is 0 Å². The summed E-state index contributed by atoms with van der Waals surface area (Å²) in [6.45, 7) is 0. The zero-order chi connectivity index (χ0) is 12.0. The molecule has 0 aliphatic carbocycles. The Balaban J connectivity index is 1.92. The van der Waals surface area contributed by atoms with Gasteiger partial charge in [0.1, 0.15) is 5.75 Å². The molecule has 0 radical (unpaired) electrons. The molecule has 1 saturated heterocycles. The summed E-state index contributed by atoms with van der Waals surface area (Å²) in [4.78, 5) is 0. The van der Waals surface area contributed by atoms with Gasteiger partial charge in [-0.15, -0.1) is 0 Å². The Bertz CT molecular complexity index is 642. The van der Waals surface area contributed by atoms with E-state index in [1.54, 1.807) is 0 Å². The molecule has 0 unspecified atom stereocenters. The maximum Gasteiger partial charge on any atom is 0.221 e. The summed E-state index contributed by atoms with van der Waals surface area (Å²) >= 11 is 3.78. The zero-order valence-electron chi connectivity index (χ0n) is 9.76. The van der Waals surface area contributed by atoms with E-state index in [0.717, 1.165) is 17.3 Å². The van der Waals surface area contributed by atoms with Crippen molar-refractivity contribution in [3.8, 4) is 5.75 Å². The molecule has 2 aliphatic rings. The highest BCUT2D eigenvalue weighted by Gasteiger charge is 2.38. The van der Waals surface area contributed by atoms with E-state index in [2.05, 4.69) is 48.6 Å². The van der Waals surface area contributed by atoms with Gasteiger partial charge >= 0.3 is 0 Å². The van der Waals surface area contributed by atoms with Crippen LogP contribution in [0.3, 0.4) is 0 Å². The second-order valence-corrected chi connectivity index (χ2v) is 7.31. The number of hydrogen-bond donors (Lipinski definition) is 0. The summed E-state index contributed by atoms with van der Waals surface area (Å²) in [6.07, 6.45) is 4.41. The molecule has 2 heterocycles. The average molecular weight is 272 g/mol. The predicted octanol–water partition coefficient (Wildman–Crippen LogP) is 4.38. The van der Waals surface area contributed by atoms with Crippen LogP contribution >= 0.6 is 23.5 Å². The van der Waals surface area contributed by atoms with Gasteiger partial charge in [-0.2, -0.15) is 0 Å². The Morgan fingerprint density at radius 1 is 1.00 bits per heavy atom. The molecule has 3 heteroatoms. The number of thioether (sulfide) groups is 2. The Morgan fingerprint density at radius 3 is 2.72 bits per heavy atom. The highest BCUT2D eigenvalue weighted by Crippen LogP contribution is 2.50. The quantitative estimate of drug-likeness (QED) is 0.704. The third-order valence-electron chi connectivity index (χ3n) is 3.31. The predicted molar refractivity (Wildman–Crippen MR) is 81.3 cm³/mol. The van der Waals surface area contributed by atoms with Gasteiger partial charge in [0.2, 0.25) is 4.27 Å². The summed E-state index contributed by atoms with van der Waals surface area (Å²) in [5.41, 5.74) is 1.19. The zero-order valence-corrected chi connectivity index (χ0v) is 11.4. The highest BCUT2D eigenvalue weighted by molar-refractivity contribution is 8.21. The fraction of sp³-hybridized carbons (Fsp3) is 0.200. The van der Waals surface area contributed by atoms with Crippen LogP contribution in [-0.2, 0) is 0 Å². The van der Waals surface area contributed by atoms with Crippen LogP contribution in [0.2, 0.25) is 0 Å². The summed E-state index contributed by atoms with van der Waals surface area (Å²) in [6, 6.07) is 12.7. The molecule has 0 atom stereocenters. The van der Waals surface area contributed by atoms with Crippen molar-refractivity contribution in [1.29, 1.82) is 0 Å². The van der Waals surface area contributed by atoms with Crippen molar-refractivity contribution in [2.75, 3.05) is 11.5 Å². The molecule has 90 valence electrons. The van der Waals surface area contributed by atoms with E-state index in [-0.39, 0.29) is 4.27 Å². The first-order valence-electron chi connectivity index (χ1n) is 6.04. The molecule has 4 rings (SSSR count). The molecule has 2 aromatic carbocycles. The fourth-order valence-corrected chi connectivity index (χ4v) is 5.12. The van der Waals surface area contributed by atoms with Crippen LogP contribution in [0.4, 0.5) is 0 Å². The molecule has 0 bridgehead atoms. The first-order valence-corrected chi connectivity index (χ1v) is 8.01. The van der Waals surface area contributed by atoms with E-state index in [1.807, 2.05) is 23.5 Å². The molecule has 18 heavy (non-hydrogen) atoms. The van der Waals surface area contributed by atoms with Crippen molar-refractivity contribution < 1.29 is 4.74 Å². The van der Waals surface area contributed by atoms with Crippen molar-refractivity contribution in [2.24, 2.45) is 0 Å². The van der Waals surface area contributed by atoms with E-state index < -0.39 is 0 Å². The van der Waals surface area contributed by atoms with Gasteiger partial charge in [-0.25, -0.2) is 0 Å². The molecule has 1 spiro atoms. The third kappa shape index (κ3) is 1.57. The molecular weight excluding hydrogens is 260 g/mol. The largest absolute Gasteiger partial charge is 0.462 e. The first-order chi connectivity index (χ1) is 8.86. The Kier molecular flexibility index (Phi) is 2.39. The number of ether oxygens (including phenoxy) is 1. The summed E-state index contributed by atoms with van der Waals surface area (Å²) in [7, 11) is 0. The minimum Gasteiger partial charge on any atom is -0.462 e. The van der Waals surface area contributed by atoms with Crippen LogP contribution in [0.25, 0.3) is 16.8 Å². The maximum absolute atomic E-state index is 6.33. The molecule has 1 nitrogen and oxygen atoms in total. The lowest BCUT2D eigenvalue weighted by Gasteiger charge is -2.30. The molecule has 1 fully saturated rings. The summed E-state index contributed by atoms with van der Waals surface area (Å²) in [5, 5.41) is 2.46. The smallest absolute Gasteiger partial charge is 0.221 e. The van der Waals surface area contributed by atoms with E-state index in [1.165, 1.54) is 16.3 Å². The topological polar surface area (TPSA) is 9.23 Å². The summed E-state index contributed by atoms with van der Waals surface area (Å²) < 4.78 is 6.15. The molecule has 2 aromatic rings. The van der Waals surface area contributed by atoms with Crippen LogP contribution in [0.5, 0.6) is 5.75 Å². The first kappa shape index (κ1) is 10.8. The SMILES string of the molecule is C1=CC2(Oc3c1ccc1ccccc31)SCCS2. The molecule has 0 aromatic heterocycles. The molecule has 0 amide bonds. The number of rotatable bonds is 0. The Labute approximate surface area is 115 Å². The molecular formula is C15H12OS2. The van der Waals surface area contributed by atoms with Crippen LogP contribution in [0.15, 0.2) is 42.5 Å². The molecule has 0 saturated carbocycles. The Hall–Kier alpha value is -1.06. The average Bonchev–Trinajstić information content (AvgIpc) is 2.87. The third-order valence-corrected chi connectivity index (χ3v) is 6.34. The van der Waals surface area contributed by atoms with Crippen molar-refractivity contribution in [1.82, 2.24) is 0 Å². The van der Waals surface area contributed by atoms with Crippen molar-refractivity contribution in [3.63, 3.8) is 0 Å². The van der Waals surface area contributed by atoms with Crippen molar-refractivity contribution in [3.05, 3.63) is 48.0 Å². The van der Waals surface area contributed by atoms with Crippen LogP contribution < -0.4 is 4.74 Å².